The molecule has 0 bridgehead atoms. The molecule has 0 aliphatic heterocycles. The predicted octanol–water partition coefficient (Wildman–Crippen LogP) is 15.7. The van der Waals surface area contributed by atoms with Crippen LogP contribution in [-0.2, 0) is 5.41 Å². The maximum absolute atomic E-state index is 5.18. The van der Waals surface area contributed by atoms with Crippen molar-refractivity contribution in [1.29, 1.82) is 0 Å². The Morgan fingerprint density at radius 1 is 0.385 bits per heavy atom. The second-order valence-electron chi connectivity index (χ2n) is 18.1. The van der Waals surface area contributed by atoms with Crippen molar-refractivity contribution in [2.24, 2.45) is 0 Å². The van der Waals surface area contributed by atoms with Gasteiger partial charge in [0.2, 0.25) is 0 Å². The van der Waals surface area contributed by atoms with E-state index in [2.05, 4.69) is 213 Å². The molecule has 2 heterocycles. The van der Waals surface area contributed by atoms with E-state index in [4.69, 9.17) is 9.97 Å². The van der Waals surface area contributed by atoms with E-state index in [0.717, 1.165) is 33.9 Å². The number of hydrogen-bond acceptors (Lipinski definition) is 2. The van der Waals surface area contributed by atoms with Gasteiger partial charge in [-0.05, 0) is 110 Å². The lowest BCUT2D eigenvalue weighted by Gasteiger charge is -2.23. The van der Waals surface area contributed by atoms with Gasteiger partial charge in [-0.25, -0.2) is 9.97 Å². The first-order valence-corrected chi connectivity index (χ1v) is 22.6. The summed E-state index contributed by atoms with van der Waals surface area (Å²) in [6, 6.07) is 79.6. The highest BCUT2D eigenvalue weighted by Gasteiger charge is 2.36. The van der Waals surface area contributed by atoms with Crippen LogP contribution >= 0.6 is 0 Å². The van der Waals surface area contributed by atoms with Gasteiger partial charge in [-0.15, -0.1) is 0 Å². The standard InChI is InChI=1S/C62H43N3/c1-62(2)54-36-44(57-38-56(39-16-6-3-7-17-39)63-61(64-57)41-20-10-5-11-21-41)27-30-47(54)48-32-29-45(37-55(48)62)65-58-25-15-14-23-49(58)53-35-43(28-33-59(53)65)42-26-31-51-52(34-42)46-22-12-13-24-50(46)60(51)40-18-8-4-9-19-40/h3-38,60H,1-2H3. The van der Waals surface area contributed by atoms with E-state index in [9.17, 15) is 0 Å². The molecule has 0 spiro atoms. The van der Waals surface area contributed by atoms with Crippen LogP contribution in [0.4, 0.5) is 0 Å². The lowest BCUT2D eigenvalue weighted by atomic mass is 9.81. The average molecular weight is 830 g/mol. The minimum Gasteiger partial charge on any atom is -0.309 e. The van der Waals surface area contributed by atoms with Crippen LogP contribution in [0.15, 0.2) is 218 Å². The molecular weight excluding hydrogens is 787 g/mol. The summed E-state index contributed by atoms with van der Waals surface area (Å²) >= 11 is 0. The number of nitrogens with zero attached hydrogens (tertiary/aromatic N) is 3. The summed E-state index contributed by atoms with van der Waals surface area (Å²) in [5, 5.41) is 2.51. The number of para-hydroxylation sites is 1. The smallest absolute Gasteiger partial charge is 0.160 e. The van der Waals surface area contributed by atoms with Crippen LogP contribution in [0.3, 0.4) is 0 Å². The Labute approximate surface area is 379 Å². The molecule has 2 aliphatic carbocycles. The minimum atomic E-state index is -0.244. The molecule has 11 aromatic rings. The molecule has 0 radical (unpaired) electrons. The predicted molar refractivity (Wildman–Crippen MR) is 269 cm³/mol. The van der Waals surface area contributed by atoms with Gasteiger partial charge in [0, 0.05) is 44.5 Å². The van der Waals surface area contributed by atoms with E-state index in [0.29, 0.717) is 0 Å². The van der Waals surface area contributed by atoms with Crippen molar-refractivity contribution in [1.82, 2.24) is 14.5 Å². The van der Waals surface area contributed by atoms with Gasteiger partial charge < -0.3 is 4.57 Å². The molecule has 0 amide bonds. The summed E-state index contributed by atoms with van der Waals surface area (Å²) in [6.45, 7) is 4.73. The van der Waals surface area contributed by atoms with E-state index < -0.39 is 0 Å². The minimum absolute atomic E-state index is 0.240. The van der Waals surface area contributed by atoms with Gasteiger partial charge >= 0.3 is 0 Å². The molecule has 0 saturated carbocycles. The Kier molecular flexibility index (Phi) is 8.32. The third kappa shape index (κ3) is 5.89. The van der Waals surface area contributed by atoms with Crippen molar-refractivity contribution in [3.63, 3.8) is 0 Å². The second kappa shape index (κ2) is 14.5. The first-order valence-electron chi connectivity index (χ1n) is 22.6. The number of fused-ring (bicyclic) bond motifs is 9. The quantitative estimate of drug-likeness (QED) is 0.167. The molecule has 0 N–H and O–H groups in total. The zero-order chi connectivity index (χ0) is 43.2. The van der Waals surface area contributed by atoms with Crippen LogP contribution in [0.5, 0.6) is 0 Å². The summed E-state index contributed by atoms with van der Waals surface area (Å²) in [7, 11) is 0. The summed E-state index contributed by atoms with van der Waals surface area (Å²) in [5.74, 6) is 0.965. The third-order valence-corrected chi connectivity index (χ3v) is 14.1. The third-order valence-electron chi connectivity index (χ3n) is 14.1. The molecular formula is C62H43N3. The van der Waals surface area contributed by atoms with Gasteiger partial charge in [0.05, 0.1) is 22.4 Å². The van der Waals surface area contributed by atoms with E-state index in [1.54, 1.807) is 0 Å². The maximum Gasteiger partial charge on any atom is 0.160 e. The summed E-state index contributed by atoms with van der Waals surface area (Å²) in [6.07, 6.45) is 0. The molecule has 1 atom stereocenters. The average Bonchev–Trinajstić information content (AvgIpc) is 3.96. The molecule has 0 saturated heterocycles. The van der Waals surface area contributed by atoms with E-state index in [-0.39, 0.29) is 11.3 Å². The van der Waals surface area contributed by atoms with Crippen molar-refractivity contribution >= 4 is 21.8 Å². The number of aromatic nitrogens is 3. The highest BCUT2D eigenvalue weighted by atomic mass is 15.0. The highest BCUT2D eigenvalue weighted by Crippen LogP contribution is 2.52. The van der Waals surface area contributed by atoms with Crippen molar-refractivity contribution < 1.29 is 0 Å². The molecule has 13 rings (SSSR count). The SMILES string of the molecule is CC1(C)c2cc(-c3cc(-c4ccccc4)nc(-c4ccccc4)n3)ccc2-c2ccc(-n3c4ccccc4c4cc(-c5ccc6c(c5)-c5ccccc5C6c5ccccc5)ccc43)cc21. The lowest BCUT2D eigenvalue weighted by molar-refractivity contribution is 0.660. The summed E-state index contributed by atoms with van der Waals surface area (Å²) in [5.41, 5.74) is 22.7. The molecule has 9 aromatic carbocycles. The van der Waals surface area contributed by atoms with Crippen molar-refractivity contribution in [3.05, 3.63) is 246 Å². The Morgan fingerprint density at radius 2 is 0.969 bits per heavy atom. The Hall–Kier alpha value is -8.14. The first-order chi connectivity index (χ1) is 32.0. The molecule has 65 heavy (non-hydrogen) atoms. The van der Waals surface area contributed by atoms with E-state index in [1.165, 1.54) is 88.7 Å². The fourth-order valence-corrected chi connectivity index (χ4v) is 10.9. The molecule has 1 unspecified atom stereocenters. The Bertz CT molecular complexity index is 3620. The molecule has 0 fully saturated rings. The van der Waals surface area contributed by atoms with Gasteiger partial charge in [-0.1, -0.05) is 184 Å². The fraction of sp³-hybridized carbons (Fsp3) is 0.0645. The first kappa shape index (κ1) is 37.4. The van der Waals surface area contributed by atoms with Crippen molar-refractivity contribution in [2.45, 2.75) is 25.2 Å². The fourth-order valence-electron chi connectivity index (χ4n) is 10.9. The zero-order valence-corrected chi connectivity index (χ0v) is 36.2. The maximum atomic E-state index is 5.18. The van der Waals surface area contributed by atoms with E-state index in [1.807, 2.05) is 24.3 Å². The second-order valence-corrected chi connectivity index (χ2v) is 18.1. The monoisotopic (exact) mass is 829 g/mol. The largest absolute Gasteiger partial charge is 0.309 e. The molecule has 2 aliphatic rings. The Morgan fingerprint density at radius 3 is 1.77 bits per heavy atom. The van der Waals surface area contributed by atoms with Crippen molar-refractivity contribution in [2.75, 3.05) is 0 Å². The van der Waals surface area contributed by atoms with Gasteiger partial charge in [0.25, 0.3) is 0 Å². The number of benzene rings is 9. The number of hydrogen-bond donors (Lipinski definition) is 0. The van der Waals surface area contributed by atoms with Gasteiger partial charge in [0.1, 0.15) is 0 Å². The Balaban J connectivity index is 0.888. The summed E-state index contributed by atoms with van der Waals surface area (Å²) < 4.78 is 2.46. The zero-order valence-electron chi connectivity index (χ0n) is 36.2. The topological polar surface area (TPSA) is 30.7 Å². The number of rotatable bonds is 6. The summed E-state index contributed by atoms with van der Waals surface area (Å²) in [4.78, 5) is 10.2. The van der Waals surface area contributed by atoms with Crippen LogP contribution in [0.2, 0.25) is 0 Å². The highest BCUT2D eigenvalue weighted by molar-refractivity contribution is 6.10. The molecule has 306 valence electrons. The van der Waals surface area contributed by atoms with Gasteiger partial charge in [-0.3, -0.25) is 0 Å². The van der Waals surface area contributed by atoms with Crippen LogP contribution in [0.25, 0.3) is 94.8 Å². The van der Waals surface area contributed by atoms with Crippen LogP contribution in [0.1, 0.15) is 47.6 Å². The lowest BCUT2D eigenvalue weighted by Crippen LogP contribution is -2.15. The van der Waals surface area contributed by atoms with Crippen LogP contribution in [-0.4, -0.2) is 14.5 Å². The molecule has 2 aromatic heterocycles. The normalized spacial score (nSPS) is 14.3. The van der Waals surface area contributed by atoms with Crippen molar-refractivity contribution in [3.8, 4) is 73.0 Å². The van der Waals surface area contributed by atoms with E-state index >= 15 is 0 Å². The van der Waals surface area contributed by atoms with Gasteiger partial charge in [0.15, 0.2) is 5.82 Å². The van der Waals surface area contributed by atoms with Crippen LogP contribution < -0.4 is 0 Å². The van der Waals surface area contributed by atoms with Gasteiger partial charge in [-0.2, -0.15) is 0 Å². The molecule has 3 nitrogen and oxygen atoms in total. The molecule has 3 heteroatoms. The van der Waals surface area contributed by atoms with Crippen LogP contribution in [0, 0.1) is 0 Å².